The van der Waals surface area contributed by atoms with E-state index in [9.17, 15) is 9.59 Å². The number of fused-ring (bicyclic) bond motifs is 1. The molecule has 2 amide bonds. The molecule has 2 fully saturated rings. The van der Waals surface area contributed by atoms with Crippen LogP contribution in [0.15, 0.2) is 24.3 Å². The number of piperidine rings is 2. The molecule has 6 nitrogen and oxygen atoms in total. The average molecular weight is 359 g/mol. The second-order valence-electron chi connectivity index (χ2n) is 7.05. The molecule has 0 unspecified atom stereocenters. The predicted molar refractivity (Wildman–Crippen MR) is 100 cm³/mol. The first-order valence-corrected chi connectivity index (χ1v) is 9.60. The van der Waals surface area contributed by atoms with Crippen LogP contribution >= 0.6 is 0 Å². The summed E-state index contributed by atoms with van der Waals surface area (Å²) < 4.78 is 5.44. The first-order valence-electron chi connectivity index (χ1n) is 9.60. The molecule has 0 aromatic heterocycles. The van der Waals surface area contributed by atoms with E-state index in [1.54, 1.807) is 0 Å². The van der Waals surface area contributed by atoms with Crippen molar-refractivity contribution >= 4 is 11.8 Å². The second-order valence-corrected chi connectivity index (χ2v) is 7.05. The van der Waals surface area contributed by atoms with Crippen molar-refractivity contribution in [2.24, 2.45) is 5.92 Å². The zero-order valence-electron chi connectivity index (χ0n) is 15.7. The summed E-state index contributed by atoms with van der Waals surface area (Å²) in [5.41, 5.74) is 0.700. The lowest BCUT2D eigenvalue weighted by molar-refractivity contribution is -0.140. The van der Waals surface area contributed by atoms with Gasteiger partial charge in [-0.3, -0.25) is 9.59 Å². The molecular formula is C20H29N3O3. The molecule has 2 aliphatic rings. The molecule has 1 N–H and O–H groups in total. The van der Waals surface area contributed by atoms with Gasteiger partial charge in [0.25, 0.3) is 5.91 Å². The van der Waals surface area contributed by atoms with Crippen LogP contribution in [0.5, 0.6) is 5.75 Å². The monoisotopic (exact) mass is 359 g/mol. The predicted octanol–water partition coefficient (Wildman–Crippen LogP) is 1.76. The number of benzene rings is 1. The van der Waals surface area contributed by atoms with Gasteiger partial charge in [-0.1, -0.05) is 0 Å². The van der Waals surface area contributed by atoms with Crippen molar-refractivity contribution in [2.75, 3.05) is 39.8 Å². The number of rotatable bonds is 6. The number of nitrogens with one attached hydrogen (secondary N) is 1. The molecule has 0 radical (unpaired) electrons. The molecule has 142 valence electrons. The Balaban J connectivity index is 1.64. The van der Waals surface area contributed by atoms with Gasteiger partial charge in [-0.05, 0) is 57.0 Å². The molecule has 0 saturated carbocycles. The summed E-state index contributed by atoms with van der Waals surface area (Å²) in [6, 6.07) is 7.64. The lowest BCUT2D eigenvalue weighted by Crippen LogP contribution is -2.57. The summed E-state index contributed by atoms with van der Waals surface area (Å²) in [5, 5.41) is 3.12. The van der Waals surface area contributed by atoms with E-state index in [2.05, 4.69) is 5.32 Å². The molecule has 3 rings (SSSR count). The fourth-order valence-corrected chi connectivity index (χ4v) is 4.10. The molecule has 0 spiro atoms. The van der Waals surface area contributed by atoms with E-state index in [4.69, 9.17) is 4.74 Å². The highest BCUT2D eigenvalue weighted by Crippen LogP contribution is 2.31. The van der Waals surface area contributed by atoms with E-state index in [0.717, 1.165) is 38.2 Å². The van der Waals surface area contributed by atoms with Gasteiger partial charge in [0.2, 0.25) is 5.91 Å². The Hall–Kier alpha value is -2.08. The summed E-state index contributed by atoms with van der Waals surface area (Å²) in [7, 11) is 1.91. The van der Waals surface area contributed by atoms with E-state index in [0.29, 0.717) is 31.1 Å². The van der Waals surface area contributed by atoms with E-state index in [1.165, 1.54) is 0 Å². The van der Waals surface area contributed by atoms with Gasteiger partial charge in [-0.2, -0.15) is 0 Å². The fourth-order valence-electron chi connectivity index (χ4n) is 4.10. The quantitative estimate of drug-likeness (QED) is 0.841. The van der Waals surface area contributed by atoms with Crippen LogP contribution in [-0.4, -0.2) is 67.5 Å². The maximum atomic E-state index is 12.9. The maximum absolute atomic E-state index is 12.9. The summed E-state index contributed by atoms with van der Waals surface area (Å²) in [6.07, 6.45) is 2.34. The number of amides is 2. The van der Waals surface area contributed by atoms with Crippen LogP contribution in [-0.2, 0) is 4.79 Å². The summed E-state index contributed by atoms with van der Waals surface area (Å²) >= 11 is 0. The van der Waals surface area contributed by atoms with Crippen LogP contribution in [0.25, 0.3) is 0 Å². The van der Waals surface area contributed by atoms with Crippen molar-refractivity contribution < 1.29 is 14.3 Å². The topological polar surface area (TPSA) is 61.9 Å². The molecule has 6 heteroatoms. The van der Waals surface area contributed by atoms with Crippen LogP contribution in [0, 0.1) is 5.92 Å². The number of carbonyl (C=O) groups excluding carboxylic acids is 2. The van der Waals surface area contributed by atoms with Gasteiger partial charge in [0, 0.05) is 44.2 Å². The molecule has 1 aromatic rings. The fraction of sp³-hybridized carbons (Fsp3) is 0.600. The van der Waals surface area contributed by atoms with E-state index < -0.39 is 0 Å². The van der Waals surface area contributed by atoms with Gasteiger partial charge in [0.15, 0.2) is 0 Å². The number of carbonyl (C=O) groups is 2. The van der Waals surface area contributed by atoms with Gasteiger partial charge < -0.3 is 19.9 Å². The number of nitrogens with zero attached hydrogens (tertiary/aromatic N) is 2. The SMILES string of the molecule is CCOc1ccc(C(=O)N2CC[C@@H]3[C@@H](CCC(=O)N3CCNC)C2)cc1. The standard InChI is InChI=1S/C20H29N3O3/c1-3-26-17-7-4-15(5-8-17)20(25)22-12-10-18-16(14-22)6-9-19(24)23(18)13-11-21-2/h4-5,7-8,16,18,21H,3,6,9-14H2,1-2H3/t16-,18+/m0/s1. The number of hydrogen-bond acceptors (Lipinski definition) is 4. The van der Waals surface area contributed by atoms with Gasteiger partial charge in [-0.25, -0.2) is 0 Å². The number of hydrogen-bond donors (Lipinski definition) is 1. The molecule has 0 aliphatic carbocycles. The maximum Gasteiger partial charge on any atom is 0.253 e. The van der Waals surface area contributed by atoms with Crippen LogP contribution < -0.4 is 10.1 Å². The van der Waals surface area contributed by atoms with Crippen LogP contribution in [0.4, 0.5) is 0 Å². The molecule has 2 saturated heterocycles. The minimum atomic E-state index is 0.0742. The van der Waals surface area contributed by atoms with Gasteiger partial charge >= 0.3 is 0 Å². The molecular weight excluding hydrogens is 330 g/mol. The van der Waals surface area contributed by atoms with Crippen LogP contribution in [0.3, 0.4) is 0 Å². The van der Waals surface area contributed by atoms with Gasteiger partial charge in [0.1, 0.15) is 5.75 Å². The third-order valence-corrected chi connectivity index (χ3v) is 5.45. The largest absolute Gasteiger partial charge is 0.494 e. The van der Waals surface area contributed by atoms with Crippen LogP contribution in [0.2, 0.25) is 0 Å². The minimum Gasteiger partial charge on any atom is -0.494 e. The zero-order chi connectivity index (χ0) is 18.5. The van der Waals surface area contributed by atoms with E-state index in [1.807, 2.05) is 48.0 Å². The summed E-state index contributed by atoms with van der Waals surface area (Å²) in [4.78, 5) is 29.1. The molecule has 1 aromatic carbocycles. The normalized spacial score (nSPS) is 22.9. The number of likely N-dealkylation sites (tertiary alicyclic amines) is 2. The molecule has 0 bridgehead atoms. The highest BCUT2D eigenvalue weighted by molar-refractivity contribution is 5.94. The van der Waals surface area contributed by atoms with Crippen molar-refractivity contribution in [3.05, 3.63) is 29.8 Å². The van der Waals surface area contributed by atoms with Crippen LogP contribution in [0.1, 0.15) is 36.5 Å². The third-order valence-electron chi connectivity index (χ3n) is 5.45. The van der Waals surface area contributed by atoms with Gasteiger partial charge in [-0.15, -0.1) is 0 Å². The number of ether oxygens (including phenoxy) is 1. The van der Waals surface area contributed by atoms with E-state index >= 15 is 0 Å². The lowest BCUT2D eigenvalue weighted by Gasteiger charge is -2.47. The Labute approximate surface area is 155 Å². The summed E-state index contributed by atoms with van der Waals surface area (Å²) in [6.45, 7) is 5.56. The third kappa shape index (κ3) is 4.01. The Morgan fingerprint density at radius 2 is 2.04 bits per heavy atom. The summed E-state index contributed by atoms with van der Waals surface area (Å²) in [5.74, 6) is 1.50. The molecule has 2 aliphatic heterocycles. The minimum absolute atomic E-state index is 0.0742. The molecule has 26 heavy (non-hydrogen) atoms. The zero-order valence-corrected chi connectivity index (χ0v) is 15.7. The van der Waals surface area contributed by atoms with Gasteiger partial charge in [0.05, 0.1) is 6.61 Å². The highest BCUT2D eigenvalue weighted by Gasteiger charge is 2.40. The highest BCUT2D eigenvalue weighted by atomic mass is 16.5. The Bertz CT molecular complexity index is 632. The Morgan fingerprint density at radius 1 is 1.27 bits per heavy atom. The molecule has 2 atom stereocenters. The second kappa shape index (κ2) is 8.54. The first kappa shape index (κ1) is 18.7. The number of likely N-dealkylation sites (N-methyl/N-ethyl adjacent to an activating group) is 1. The van der Waals surface area contributed by atoms with Crippen molar-refractivity contribution in [3.63, 3.8) is 0 Å². The Morgan fingerprint density at radius 3 is 2.73 bits per heavy atom. The lowest BCUT2D eigenvalue weighted by atomic mass is 9.83. The van der Waals surface area contributed by atoms with E-state index in [-0.39, 0.29) is 17.9 Å². The van der Waals surface area contributed by atoms with Crippen molar-refractivity contribution in [1.29, 1.82) is 0 Å². The first-order chi connectivity index (χ1) is 12.6. The Kier molecular flexibility index (Phi) is 6.14. The average Bonchev–Trinajstić information content (AvgIpc) is 2.67. The smallest absolute Gasteiger partial charge is 0.253 e. The van der Waals surface area contributed by atoms with Crippen molar-refractivity contribution in [2.45, 2.75) is 32.2 Å². The van der Waals surface area contributed by atoms with Crippen molar-refractivity contribution in [1.82, 2.24) is 15.1 Å². The molecule has 2 heterocycles. The van der Waals surface area contributed by atoms with Crippen molar-refractivity contribution in [3.8, 4) is 5.75 Å².